The quantitative estimate of drug-likeness (QED) is 0.416. The molecular weight excluding hydrogens is 526 g/mol. The lowest BCUT2D eigenvalue weighted by molar-refractivity contribution is -0.141. The van der Waals surface area contributed by atoms with Gasteiger partial charge in [0.1, 0.15) is 18.2 Å². The van der Waals surface area contributed by atoms with E-state index < -0.39 is 69.4 Å². The van der Waals surface area contributed by atoms with E-state index in [9.17, 15) is 39.6 Å². The zero-order valence-electron chi connectivity index (χ0n) is 18.8. The molecule has 4 rings (SSSR count). The van der Waals surface area contributed by atoms with Gasteiger partial charge in [-0.05, 0) is 42.8 Å². The maximum absolute atomic E-state index is 14.2. The Kier molecular flexibility index (Phi) is 7.33. The van der Waals surface area contributed by atoms with Crippen molar-refractivity contribution in [3.05, 3.63) is 71.9 Å². The van der Waals surface area contributed by atoms with Gasteiger partial charge >= 0.3 is 6.18 Å². The molecule has 3 heterocycles. The van der Waals surface area contributed by atoms with Crippen LogP contribution in [0.15, 0.2) is 53.8 Å². The average molecular weight is 544 g/mol. The van der Waals surface area contributed by atoms with Crippen molar-refractivity contribution >= 4 is 15.8 Å². The van der Waals surface area contributed by atoms with Gasteiger partial charge in [0.15, 0.2) is 17.4 Å². The smallest absolute Gasteiger partial charge is 0.298 e. The Morgan fingerprint density at radius 3 is 2.43 bits per heavy atom. The minimum absolute atomic E-state index is 0.00886. The van der Waals surface area contributed by atoms with Gasteiger partial charge in [0, 0.05) is 36.8 Å². The number of Topliss-reactive ketones (excluding diaryl/α,β-unsaturated/α-hetero) is 1. The molecule has 2 aromatic heterocycles. The van der Waals surface area contributed by atoms with Crippen LogP contribution in [-0.2, 0) is 27.4 Å². The van der Waals surface area contributed by atoms with Crippen LogP contribution in [0.5, 0.6) is 0 Å². The van der Waals surface area contributed by atoms with Crippen molar-refractivity contribution in [1.29, 1.82) is 0 Å². The molecule has 7 nitrogen and oxygen atoms in total. The van der Waals surface area contributed by atoms with Crippen LogP contribution in [-0.4, -0.2) is 52.2 Å². The second-order valence-electron chi connectivity index (χ2n) is 8.29. The number of carbonyl (C=O) groups is 1. The molecular formula is C23H18F6N4O3S. The number of ketones is 1. The lowest BCUT2D eigenvalue weighted by Crippen LogP contribution is -2.40. The summed E-state index contributed by atoms with van der Waals surface area (Å²) in [7, 11) is -4.49. The highest BCUT2D eigenvalue weighted by molar-refractivity contribution is 7.89. The Balaban J connectivity index is 1.48. The molecule has 0 bridgehead atoms. The predicted molar refractivity (Wildman–Crippen MR) is 117 cm³/mol. The summed E-state index contributed by atoms with van der Waals surface area (Å²) < 4.78 is 106. The average Bonchev–Trinajstić information content (AvgIpc) is 3.26. The Morgan fingerprint density at radius 2 is 1.78 bits per heavy atom. The first-order valence-electron chi connectivity index (χ1n) is 10.8. The second kappa shape index (κ2) is 10.2. The Bertz CT molecular complexity index is 1420. The van der Waals surface area contributed by atoms with E-state index in [1.807, 2.05) is 0 Å². The summed E-state index contributed by atoms with van der Waals surface area (Å²) in [5.74, 6) is -3.27. The molecule has 0 aliphatic carbocycles. The van der Waals surface area contributed by atoms with E-state index in [1.54, 1.807) is 0 Å². The number of hydrogen-bond acceptors (Lipinski definition) is 6. The van der Waals surface area contributed by atoms with E-state index in [0.29, 0.717) is 22.1 Å². The van der Waals surface area contributed by atoms with Crippen molar-refractivity contribution in [2.45, 2.75) is 42.5 Å². The third kappa shape index (κ3) is 5.80. The lowest BCUT2D eigenvalue weighted by atomic mass is 10.0. The van der Waals surface area contributed by atoms with Crippen LogP contribution in [0.4, 0.5) is 26.3 Å². The molecule has 1 aliphatic heterocycles. The molecule has 0 unspecified atom stereocenters. The van der Waals surface area contributed by atoms with Gasteiger partial charge in [-0.15, -0.1) is 0 Å². The number of alkyl halides is 4. The lowest BCUT2D eigenvalue weighted by Gasteiger charge is -2.22. The molecule has 14 heteroatoms. The summed E-state index contributed by atoms with van der Waals surface area (Å²) >= 11 is 0. The van der Waals surface area contributed by atoms with Gasteiger partial charge in [-0.1, -0.05) is 0 Å². The van der Waals surface area contributed by atoms with Crippen molar-refractivity contribution in [1.82, 2.24) is 19.3 Å². The summed E-state index contributed by atoms with van der Waals surface area (Å²) in [6.07, 6.45) is -4.69. The number of halogens is 6. The highest BCUT2D eigenvalue weighted by Crippen LogP contribution is 2.31. The molecule has 1 aliphatic rings. The monoisotopic (exact) mass is 544 g/mol. The fraction of sp³-hybridized carbons (Fsp3) is 0.304. The number of nitrogens with zero attached hydrogens (tertiary/aromatic N) is 4. The van der Waals surface area contributed by atoms with Gasteiger partial charge in [-0.2, -0.15) is 17.5 Å². The molecule has 0 radical (unpaired) electrons. The van der Waals surface area contributed by atoms with E-state index in [2.05, 4.69) is 15.0 Å². The number of benzene rings is 1. The summed E-state index contributed by atoms with van der Waals surface area (Å²) in [4.78, 5) is 23.7. The molecule has 0 spiro atoms. The van der Waals surface area contributed by atoms with E-state index in [1.165, 1.54) is 12.1 Å². The van der Waals surface area contributed by atoms with E-state index in [-0.39, 0.29) is 24.1 Å². The summed E-state index contributed by atoms with van der Waals surface area (Å²) in [5.41, 5.74) is -0.196. The number of pyridine rings is 1. The first-order valence-corrected chi connectivity index (χ1v) is 12.3. The van der Waals surface area contributed by atoms with Gasteiger partial charge in [0.25, 0.3) is 0 Å². The molecule has 0 amide bonds. The molecule has 0 saturated carbocycles. The zero-order chi connectivity index (χ0) is 27.0. The van der Waals surface area contributed by atoms with E-state index in [0.717, 1.165) is 24.7 Å². The zero-order valence-corrected chi connectivity index (χ0v) is 19.6. The van der Waals surface area contributed by atoms with Gasteiger partial charge < -0.3 is 0 Å². The first-order chi connectivity index (χ1) is 17.4. The number of carbonyl (C=O) groups excluding carboxylic acids is 1. The van der Waals surface area contributed by atoms with Crippen molar-refractivity contribution in [3.8, 4) is 11.3 Å². The minimum atomic E-state index is -4.60. The van der Waals surface area contributed by atoms with Gasteiger partial charge in [0.05, 0.1) is 16.6 Å². The number of sulfonamides is 1. The minimum Gasteiger partial charge on any atom is -0.298 e. The van der Waals surface area contributed by atoms with Crippen molar-refractivity contribution in [3.63, 3.8) is 0 Å². The second-order valence-corrected chi connectivity index (χ2v) is 10.2. The third-order valence-electron chi connectivity index (χ3n) is 5.77. The standard InChI is InChI=1S/C23H18F6N4O3S/c24-14-7-20(33(11-14)37(35,36)16-3-4-17(25)18(26)9-16)21(34)5-2-15-8-19(32-12-31-15)13-1-6-22(30-10-13)23(27,28)29/h1,3-4,6,8-10,12,14,20H,2,5,7,11H2/t14-,20-/m0/s1. The van der Waals surface area contributed by atoms with Crippen molar-refractivity contribution < 1.29 is 39.6 Å². The van der Waals surface area contributed by atoms with Crippen LogP contribution in [0.2, 0.25) is 0 Å². The van der Waals surface area contributed by atoms with Crippen molar-refractivity contribution in [2.24, 2.45) is 0 Å². The molecule has 1 fully saturated rings. The van der Waals surface area contributed by atoms with Crippen molar-refractivity contribution in [2.75, 3.05) is 6.54 Å². The van der Waals surface area contributed by atoms with Crippen LogP contribution >= 0.6 is 0 Å². The van der Waals surface area contributed by atoms with Crippen LogP contribution in [0.3, 0.4) is 0 Å². The summed E-state index contributed by atoms with van der Waals surface area (Å²) in [5, 5.41) is 0. The maximum Gasteiger partial charge on any atom is 0.433 e. The SMILES string of the molecule is O=C(CCc1cc(-c2ccc(C(F)(F)F)nc2)ncn1)[C@@H]1C[C@H](F)CN1S(=O)(=O)c1ccc(F)c(F)c1. The molecule has 1 saturated heterocycles. The Labute approximate surface area is 207 Å². The third-order valence-corrected chi connectivity index (χ3v) is 7.65. The Hall–Kier alpha value is -3.39. The highest BCUT2D eigenvalue weighted by Gasteiger charge is 2.44. The molecule has 37 heavy (non-hydrogen) atoms. The summed E-state index contributed by atoms with van der Waals surface area (Å²) in [6, 6.07) is 4.01. The van der Waals surface area contributed by atoms with E-state index in [4.69, 9.17) is 0 Å². The number of hydrogen-bond donors (Lipinski definition) is 0. The normalized spacial score (nSPS) is 18.8. The number of rotatable bonds is 7. The maximum atomic E-state index is 14.2. The van der Waals surface area contributed by atoms with Gasteiger partial charge in [0.2, 0.25) is 10.0 Å². The number of aryl methyl sites for hydroxylation is 1. The topological polar surface area (TPSA) is 93.1 Å². The largest absolute Gasteiger partial charge is 0.433 e. The van der Waals surface area contributed by atoms with Crippen LogP contribution < -0.4 is 0 Å². The van der Waals surface area contributed by atoms with E-state index >= 15 is 0 Å². The van der Waals surface area contributed by atoms with Gasteiger partial charge in [-0.25, -0.2) is 31.6 Å². The van der Waals surface area contributed by atoms with Crippen LogP contribution in [0.1, 0.15) is 24.2 Å². The van der Waals surface area contributed by atoms with Crippen LogP contribution in [0, 0.1) is 11.6 Å². The van der Waals surface area contributed by atoms with Gasteiger partial charge in [-0.3, -0.25) is 9.78 Å². The molecule has 196 valence electrons. The molecule has 1 aromatic carbocycles. The first kappa shape index (κ1) is 26.7. The fourth-order valence-electron chi connectivity index (χ4n) is 3.91. The summed E-state index contributed by atoms with van der Waals surface area (Å²) in [6.45, 7) is -0.615. The van der Waals surface area contributed by atoms with Crippen LogP contribution in [0.25, 0.3) is 11.3 Å². The predicted octanol–water partition coefficient (Wildman–Crippen LogP) is 4.14. The molecule has 0 N–H and O–H groups in total. The molecule has 3 aromatic rings. The highest BCUT2D eigenvalue weighted by atomic mass is 32.2. The number of aromatic nitrogens is 3. The Morgan fingerprint density at radius 1 is 1.03 bits per heavy atom. The molecule has 2 atom stereocenters. The fourth-order valence-corrected chi connectivity index (χ4v) is 5.57.